The molecule has 0 spiro atoms. The van der Waals surface area contributed by atoms with Crippen molar-refractivity contribution in [3.8, 4) is 5.75 Å². The van der Waals surface area contributed by atoms with Gasteiger partial charge in [-0.15, -0.1) is 0 Å². The topological polar surface area (TPSA) is 52.3 Å². The van der Waals surface area contributed by atoms with Crippen molar-refractivity contribution in [2.45, 2.75) is 46.1 Å². The maximum absolute atomic E-state index is 11.2. The SMILES string of the molecule is CC(C)Oc1ccc(C(N)=O)cc1C(C)(C)C. The molecule has 2 N–H and O–H groups in total. The van der Waals surface area contributed by atoms with Crippen LogP contribution in [0.25, 0.3) is 0 Å². The van der Waals surface area contributed by atoms with Gasteiger partial charge in [0.25, 0.3) is 0 Å². The van der Waals surface area contributed by atoms with Gasteiger partial charge in [-0.2, -0.15) is 0 Å². The van der Waals surface area contributed by atoms with Crippen LogP contribution in [-0.4, -0.2) is 12.0 Å². The van der Waals surface area contributed by atoms with Gasteiger partial charge in [-0.3, -0.25) is 4.79 Å². The van der Waals surface area contributed by atoms with Gasteiger partial charge in [0.2, 0.25) is 5.91 Å². The number of benzene rings is 1. The smallest absolute Gasteiger partial charge is 0.248 e. The largest absolute Gasteiger partial charge is 0.491 e. The second-order valence-corrected chi connectivity index (χ2v) is 5.49. The van der Waals surface area contributed by atoms with Crippen LogP contribution in [0.4, 0.5) is 0 Å². The fourth-order valence-electron chi connectivity index (χ4n) is 1.63. The zero-order chi connectivity index (χ0) is 13.2. The van der Waals surface area contributed by atoms with Crippen molar-refractivity contribution in [3.05, 3.63) is 29.3 Å². The van der Waals surface area contributed by atoms with Gasteiger partial charge in [-0.1, -0.05) is 20.8 Å². The Kier molecular flexibility index (Phi) is 3.81. The lowest BCUT2D eigenvalue weighted by molar-refractivity contribution is 0.1000. The van der Waals surface area contributed by atoms with Crippen LogP contribution < -0.4 is 10.5 Å². The van der Waals surface area contributed by atoms with Crippen molar-refractivity contribution in [3.63, 3.8) is 0 Å². The molecule has 1 aromatic carbocycles. The number of hydrogen-bond acceptors (Lipinski definition) is 2. The Morgan fingerprint density at radius 2 is 1.88 bits per heavy atom. The Morgan fingerprint density at radius 1 is 1.29 bits per heavy atom. The molecule has 0 bridgehead atoms. The van der Waals surface area contributed by atoms with Gasteiger partial charge in [0, 0.05) is 11.1 Å². The summed E-state index contributed by atoms with van der Waals surface area (Å²) in [7, 11) is 0. The summed E-state index contributed by atoms with van der Waals surface area (Å²) in [4.78, 5) is 11.2. The number of hydrogen-bond donors (Lipinski definition) is 1. The van der Waals surface area contributed by atoms with E-state index in [2.05, 4.69) is 20.8 Å². The molecule has 0 heterocycles. The summed E-state index contributed by atoms with van der Waals surface area (Å²) in [5, 5.41) is 0. The molecule has 0 aliphatic rings. The third kappa shape index (κ3) is 3.48. The molecule has 17 heavy (non-hydrogen) atoms. The van der Waals surface area contributed by atoms with Crippen LogP contribution >= 0.6 is 0 Å². The lowest BCUT2D eigenvalue weighted by atomic mass is 9.85. The summed E-state index contributed by atoms with van der Waals surface area (Å²) >= 11 is 0. The average Bonchev–Trinajstić information content (AvgIpc) is 2.15. The van der Waals surface area contributed by atoms with E-state index in [1.807, 2.05) is 26.0 Å². The number of carbonyl (C=O) groups excluding carboxylic acids is 1. The van der Waals surface area contributed by atoms with E-state index >= 15 is 0 Å². The summed E-state index contributed by atoms with van der Waals surface area (Å²) in [6, 6.07) is 5.34. The second kappa shape index (κ2) is 4.78. The molecule has 0 aromatic heterocycles. The Bertz CT molecular complexity index is 417. The van der Waals surface area contributed by atoms with Crippen LogP contribution in [0.15, 0.2) is 18.2 Å². The lowest BCUT2D eigenvalue weighted by Crippen LogP contribution is -2.18. The van der Waals surface area contributed by atoms with Crippen LogP contribution in [0.1, 0.15) is 50.5 Å². The van der Waals surface area contributed by atoms with Crippen molar-refractivity contribution < 1.29 is 9.53 Å². The molecule has 3 nitrogen and oxygen atoms in total. The Morgan fingerprint density at radius 3 is 2.29 bits per heavy atom. The summed E-state index contributed by atoms with van der Waals surface area (Å²) in [5.41, 5.74) is 6.73. The van der Waals surface area contributed by atoms with Gasteiger partial charge in [-0.25, -0.2) is 0 Å². The molecule has 0 atom stereocenters. The number of nitrogens with two attached hydrogens (primary N) is 1. The third-order valence-electron chi connectivity index (χ3n) is 2.43. The summed E-state index contributed by atoms with van der Waals surface area (Å²) in [6.45, 7) is 10.2. The van der Waals surface area contributed by atoms with E-state index in [0.29, 0.717) is 5.56 Å². The van der Waals surface area contributed by atoms with Crippen molar-refractivity contribution in [2.24, 2.45) is 5.73 Å². The molecule has 0 saturated carbocycles. The highest BCUT2D eigenvalue weighted by Gasteiger charge is 2.21. The zero-order valence-corrected chi connectivity index (χ0v) is 11.2. The van der Waals surface area contributed by atoms with Gasteiger partial charge in [-0.05, 0) is 37.5 Å². The standard InChI is InChI=1S/C14H21NO2/c1-9(2)17-12-7-6-10(13(15)16)8-11(12)14(3,4)5/h6-9H,1-5H3,(H2,15,16). The molecule has 0 aliphatic heterocycles. The fraction of sp³-hybridized carbons (Fsp3) is 0.500. The van der Waals surface area contributed by atoms with Crippen molar-refractivity contribution in [1.82, 2.24) is 0 Å². The van der Waals surface area contributed by atoms with E-state index < -0.39 is 5.91 Å². The molecule has 94 valence electrons. The highest BCUT2D eigenvalue weighted by molar-refractivity contribution is 5.93. The minimum absolute atomic E-state index is 0.0876. The first kappa shape index (κ1) is 13.6. The van der Waals surface area contributed by atoms with Crippen molar-refractivity contribution in [2.75, 3.05) is 0 Å². The normalized spacial score (nSPS) is 11.6. The van der Waals surface area contributed by atoms with E-state index in [-0.39, 0.29) is 11.5 Å². The van der Waals surface area contributed by atoms with Gasteiger partial charge in [0.05, 0.1) is 6.10 Å². The van der Waals surface area contributed by atoms with Gasteiger partial charge in [0.1, 0.15) is 5.75 Å². The van der Waals surface area contributed by atoms with E-state index in [0.717, 1.165) is 11.3 Å². The molecule has 0 aliphatic carbocycles. The van der Waals surface area contributed by atoms with Crippen LogP contribution in [-0.2, 0) is 5.41 Å². The van der Waals surface area contributed by atoms with Crippen LogP contribution in [0.2, 0.25) is 0 Å². The Hall–Kier alpha value is -1.51. The average molecular weight is 235 g/mol. The summed E-state index contributed by atoms with van der Waals surface area (Å²) in [6.07, 6.45) is 0.107. The molecule has 3 heteroatoms. The number of carbonyl (C=O) groups is 1. The first-order valence-corrected chi connectivity index (χ1v) is 5.83. The molecule has 1 aromatic rings. The van der Waals surface area contributed by atoms with E-state index in [4.69, 9.17) is 10.5 Å². The van der Waals surface area contributed by atoms with Gasteiger partial charge < -0.3 is 10.5 Å². The number of amides is 1. The molecular weight excluding hydrogens is 214 g/mol. The monoisotopic (exact) mass is 235 g/mol. The van der Waals surface area contributed by atoms with Gasteiger partial charge in [0.15, 0.2) is 0 Å². The number of rotatable bonds is 3. The minimum Gasteiger partial charge on any atom is -0.491 e. The highest BCUT2D eigenvalue weighted by atomic mass is 16.5. The maximum atomic E-state index is 11.2. The molecule has 0 unspecified atom stereocenters. The van der Waals surface area contributed by atoms with E-state index in [1.165, 1.54) is 0 Å². The van der Waals surface area contributed by atoms with Gasteiger partial charge >= 0.3 is 0 Å². The Balaban J connectivity index is 3.27. The fourth-order valence-corrected chi connectivity index (χ4v) is 1.63. The molecule has 0 fully saturated rings. The minimum atomic E-state index is -0.411. The van der Waals surface area contributed by atoms with Crippen LogP contribution in [0.5, 0.6) is 5.75 Å². The predicted octanol–water partition coefficient (Wildman–Crippen LogP) is 2.87. The molecule has 0 radical (unpaired) electrons. The Labute approximate surface area is 103 Å². The predicted molar refractivity (Wildman–Crippen MR) is 69.4 cm³/mol. The zero-order valence-electron chi connectivity index (χ0n) is 11.2. The summed E-state index contributed by atoms with van der Waals surface area (Å²) < 4.78 is 5.75. The first-order chi connectivity index (χ1) is 7.71. The first-order valence-electron chi connectivity index (χ1n) is 5.83. The highest BCUT2D eigenvalue weighted by Crippen LogP contribution is 2.32. The second-order valence-electron chi connectivity index (χ2n) is 5.49. The molecule has 0 saturated heterocycles. The third-order valence-corrected chi connectivity index (χ3v) is 2.43. The van der Waals surface area contributed by atoms with Crippen molar-refractivity contribution in [1.29, 1.82) is 0 Å². The van der Waals surface area contributed by atoms with E-state index in [1.54, 1.807) is 6.07 Å². The summed E-state index contributed by atoms with van der Waals surface area (Å²) in [5.74, 6) is 0.407. The number of primary amides is 1. The quantitative estimate of drug-likeness (QED) is 0.875. The van der Waals surface area contributed by atoms with Crippen molar-refractivity contribution >= 4 is 5.91 Å². The van der Waals surface area contributed by atoms with Crippen LogP contribution in [0, 0.1) is 0 Å². The molecule has 1 rings (SSSR count). The van der Waals surface area contributed by atoms with Crippen LogP contribution in [0.3, 0.4) is 0 Å². The van der Waals surface area contributed by atoms with E-state index in [9.17, 15) is 4.79 Å². The lowest BCUT2D eigenvalue weighted by Gasteiger charge is -2.24. The molecule has 1 amide bonds. The maximum Gasteiger partial charge on any atom is 0.248 e. The molecular formula is C14H21NO2. The number of ether oxygens (including phenoxy) is 1.